The Bertz CT molecular complexity index is 1630. The van der Waals surface area contributed by atoms with Crippen molar-refractivity contribution in [3.63, 3.8) is 0 Å². The molecule has 12 nitrogen and oxygen atoms in total. The van der Waals surface area contributed by atoms with E-state index in [1.54, 1.807) is 26.6 Å². The van der Waals surface area contributed by atoms with Gasteiger partial charge in [0, 0.05) is 60.5 Å². The number of urea groups is 1. The molecule has 258 valence electrons. The van der Waals surface area contributed by atoms with Gasteiger partial charge < -0.3 is 41.8 Å². The maximum Gasteiger partial charge on any atom is 0.315 e. The summed E-state index contributed by atoms with van der Waals surface area (Å²) in [6.45, 7) is 5.60. The molecule has 12 heteroatoms. The number of anilines is 2. The number of nitrogens with two attached hydrogens (primary N) is 1. The Hall–Kier alpha value is -4.84. The second-order valence-electron chi connectivity index (χ2n) is 12.1. The van der Waals surface area contributed by atoms with Gasteiger partial charge in [-0.1, -0.05) is 12.1 Å². The normalized spacial score (nSPS) is 12.9. The van der Waals surface area contributed by atoms with E-state index < -0.39 is 6.04 Å². The van der Waals surface area contributed by atoms with Crippen LogP contribution in [-0.2, 0) is 4.79 Å². The highest BCUT2D eigenvalue weighted by atomic mass is 16.5. The van der Waals surface area contributed by atoms with Crippen LogP contribution in [0.1, 0.15) is 52.4 Å². The summed E-state index contributed by atoms with van der Waals surface area (Å²) >= 11 is 0. The fraction of sp³-hybridized carbons (Fsp3) is 0.444. The second-order valence-corrected chi connectivity index (χ2v) is 12.1. The summed E-state index contributed by atoms with van der Waals surface area (Å²) in [6.07, 6.45) is 7.80. The quantitative estimate of drug-likeness (QED) is 0.0745. The van der Waals surface area contributed by atoms with Crippen LogP contribution in [0.4, 0.5) is 16.2 Å². The minimum absolute atomic E-state index is 0.139. The molecule has 0 radical (unpaired) electrons. The van der Waals surface area contributed by atoms with Crippen molar-refractivity contribution in [2.45, 2.75) is 70.5 Å². The first kappa shape index (κ1) is 36.0. The fourth-order valence-corrected chi connectivity index (χ4v) is 5.61. The average molecular weight is 659 g/mol. The lowest BCUT2D eigenvalue weighted by atomic mass is 10.1. The Morgan fingerprint density at radius 1 is 0.750 bits per heavy atom. The minimum atomic E-state index is -0.659. The number of benzene rings is 2. The largest absolute Gasteiger partial charge is 0.497 e. The summed E-state index contributed by atoms with van der Waals surface area (Å²) in [4.78, 5) is 34.8. The van der Waals surface area contributed by atoms with Gasteiger partial charge in [0.15, 0.2) is 0 Å². The van der Waals surface area contributed by atoms with Crippen molar-refractivity contribution in [1.82, 2.24) is 25.9 Å². The summed E-state index contributed by atoms with van der Waals surface area (Å²) in [5.74, 6) is 1.32. The van der Waals surface area contributed by atoms with Crippen LogP contribution in [0.15, 0.2) is 60.9 Å². The lowest BCUT2D eigenvalue weighted by Gasteiger charge is -2.20. The first-order valence-electron chi connectivity index (χ1n) is 16.7. The van der Waals surface area contributed by atoms with Gasteiger partial charge in [0.25, 0.3) is 0 Å². The Balaban J connectivity index is 1.17. The van der Waals surface area contributed by atoms with Gasteiger partial charge in [-0.15, -0.1) is 0 Å². The molecule has 2 aromatic carbocycles. The topological polar surface area (TPSA) is 165 Å². The number of carbonyl (C=O) groups excluding carboxylic acids is 2. The number of nitrogens with zero attached hydrogens (tertiary/aromatic N) is 2. The number of fused-ring (bicyclic) bond motifs is 2. The zero-order valence-corrected chi connectivity index (χ0v) is 28.5. The van der Waals surface area contributed by atoms with Crippen LogP contribution in [-0.4, -0.2) is 73.9 Å². The van der Waals surface area contributed by atoms with Gasteiger partial charge in [-0.2, -0.15) is 0 Å². The third-order valence-electron chi connectivity index (χ3n) is 8.16. The maximum atomic E-state index is 13.0. The van der Waals surface area contributed by atoms with Crippen molar-refractivity contribution in [2.24, 2.45) is 5.73 Å². The van der Waals surface area contributed by atoms with Crippen LogP contribution in [0.2, 0.25) is 0 Å². The van der Waals surface area contributed by atoms with Crippen molar-refractivity contribution in [3.8, 4) is 11.5 Å². The zero-order chi connectivity index (χ0) is 34.3. The van der Waals surface area contributed by atoms with E-state index >= 15 is 0 Å². The monoisotopic (exact) mass is 658 g/mol. The maximum absolute atomic E-state index is 13.0. The van der Waals surface area contributed by atoms with E-state index in [-0.39, 0.29) is 24.0 Å². The third-order valence-corrected chi connectivity index (χ3v) is 8.16. The van der Waals surface area contributed by atoms with Crippen molar-refractivity contribution < 1.29 is 19.1 Å². The molecule has 48 heavy (non-hydrogen) atoms. The number of hydrogen-bond donors (Lipinski definition) is 6. The van der Waals surface area contributed by atoms with Crippen LogP contribution in [0.25, 0.3) is 21.8 Å². The molecular weight excluding hydrogens is 608 g/mol. The number of amides is 3. The predicted octanol–water partition coefficient (Wildman–Crippen LogP) is 5.18. The van der Waals surface area contributed by atoms with E-state index in [1.807, 2.05) is 48.5 Å². The van der Waals surface area contributed by atoms with E-state index in [0.717, 1.165) is 70.4 Å². The summed E-state index contributed by atoms with van der Waals surface area (Å²) in [6, 6.07) is 14.9. The lowest BCUT2D eigenvalue weighted by Crippen LogP contribution is -2.50. The molecule has 0 fully saturated rings. The first-order valence-corrected chi connectivity index (χ1v) is 16.7. The van der Waals surface area contributed by atoms with Gasteiger partial charge in [-0.3, -0.25) is 14.8 Å². The second kappa shape index (κ2) is 18.5. The van der Waals surface area contributed by atoms with Gasteiger partial charge in [0.2, 0.25) is 5.91 Å². The fourth-order valence-electron chi connectivity index (χ4n) is 5.61. The molecule has 3 amide bonds. The van der Waals surface area contributed by atoms with Gasteiger partial charge in [0.1, 0.15) is 17.5 Å². The van der Waals surface area contributed by atoms with E-state index in [1.165, 1.54) is 0 Å². The Morgan fingerprint density at radius 3 is 1.77 bits per heavy atom. The molecular formula is C36H50N8O4. The minimum Gasteiger partial charge on any atom is -0.497 e. The van der Waals surface area contributed by atoms with Crippen molar-refractivity contribution in [3.05, 3.63) is 60.9 Å². The molecule has 0 aliphatic carbocycles. The van der Waals surface area contributed by atoms with Crippen LogP contribution in [0.3, 0.4) is 0 Å². The van der Waals surface area contributed by atoms with Crippen molar-refractivity contribution in [1.29, 1.82) is 0 Å². The molecule has 7 N–H and O–H groups in total. The number of nitrogens with one attached hydrogen (secondary N) is 5. The Kier molecular flexibility index (Phi) is 13.9. The van der Waals surface area contributed by atoms with E-state index in [2.05, 4.69) is 50.4 Å². The molecule has 2 heterocycles. The standard InChI is InChI=1S/C36H50N8O4/c1-24(42-31-22-28(47-3)20-26-12-8-16-38-33(26)31)10-6-18-40-35(45)30(14-5-15-37)44-36(46)41-19-7-11-25(2)43-32-23-29(48-4)21-27-13-9-17-39-34(27)32/h8-9,12-13,16-17,20-25,30,42-43H,5-7,10-11,14-15,18-19,37H2,1-4H3,(H,40,45)(H2,41,44,46)/t24?,25?,30-/m0/s1. The van der Waals surface area contributed by atoms with Crippen LogP contribution in [0.5, 0.6) is 11.5 Å². The van der Waals surface area contributed by atoms with Gasteiger partial charge in [0.05, 0.1) is 36.6 Å². The number of rotatable bonds is 19. The van der Waals surface area contributed by atoms with Gasteiger partial charge in [-0.25, -0.2) is 4.79 Å². The number of methoxy groups -OCH3 is 2. The molecule has 4 aromatic rings. The molecule has 3 atom stereocenters. The molecule has 2 unspecified atom stereocenters. The number of pyridine rings is 2. The SMILES string of the molecule is COc1cc(NC(C)CCCNC(=O)N[C@@H](CCCN)C(=O)NCCCC(C)Nc2cc(OC)cc3cccnc23)c2ncccc2c1. The van der Waals surface area contributed by atoms with E-state index in [9.17, 15) is 9.59 Å². The number of ether oxygens (including phenoxy) is 2. The summed E-state index contributed by atoms with van der Waals surface area (Å²) in [5.41, 5.74) is 9.30. The van der Waals surface area contributed by atoms with Crippen molar-refractivity contribution >= 4 is 45.1 Å². The highest BCUT2D eigenvalue weighted by molar-refractivity contribution is 5.93. The Morgan fingerprint density at radius 2 is 1.27 bits per heavy atom. The zero-order valence-electron chi connectivity index (χ0n) is 28.5. The van der Waals surface area contributed by atoms with Crippen LogP contribution >= 0.6 is 0 Å². The molecule has 2 aromatic heterocycles. The van der Waals surface area contributed by atoms with Crippen LogP contribution in [0, 0.1) is 0 Å². The third kappa shape index (κ3) is 10.6. The molecule has 0 aliphatic rings. The molecule has 4 rings (SSSR count). The van der Waals surface area contributed by atoms with Gasteiger partial charge >= 0.3 is 6.03 Å². The molecule has 0 spiro atoms. The van der Waals surface area contributed by atoms with E-state index in [0.29, 0.717) is 32.5 Å². The highest BCUT2D eigenvalue weighted by Gasteiger charge is 2.20. The average Bonchev–Trinajstić information content (AvgIpc) is 3.10. The smallest absolute Gasteiger partial charge is 0.315 e. The summed E-state index contributed by atoms with van der Waals surface area (Å²) in [7, 11) is 3.30. The predicted molar refractivity (Wildman–Crippen MR) is 193 cm³/mol. The molecule has 0 saturated carbocycles. The van der Waals surface area contributed by atoms with E-state index in [4.69, 9.17) is 15.2 Å². The van der Waals surface area contributed by atoms with Crippen molar-refractivity contribution in [2.75, 3.05) is 44.5 Å². The molecule has 0 aliphatic heterocycles. The van der Waals surface area contributed by atoms with Crippen LogP contribution < -0.4 is 41.8 Å². The first-order chi connectivity index (χ1) is 23.3. The summed E-state index contributed by atoms with van der Waals surface area (Å²) < 4.78 is 10.9. The highest BCUT2D eigenvalue weighted by Crippen LogP contribution is 2.29. The van der Waals surface area contributed by atoms with Gasteiger partial charge in [-0.05, 0) is 83.2 Å². The molecule has 0 saturated heterocycles. The number of aromatic nitrogens is 2. The lowest BCUT2D eigenvalue weighted by molar-refractivity contribution is -0.123. The molecule has 0 bridgehead atoms. The summed E-state index contributed by atoms with van der Waals surface area (Å²) in [5, 5.41) is 17.8. The Labute approximate surface area is 282 Å². The number of hydrogen-bond acceptors (Lipinski definition) is 9. The number of carbonyl (C=O) groups is 2.